The molecule has 0 saturated carbocycles. The number of amidine groups is 1. The zero-order valence-corrected chi connectivity index (χ0v) is 14.1. The van der Waals surface area contributed by atoms with Crippen LogP contribution in [0.1, 0.15) is 6.92 Å². The van der Waals surface area contributed by atoms with E-state index in [0.717, 1.165) is 6.16 Å². The van der Waals surface area contributed by atoms with E-state index in [9.17, 15) is 10.2 Å². The SMILES string of the molecule is C=C1N=C(N)C=NN1[C@@H]1O[C@H](C(C)CP(=C)(C)C)[C@@H](O)[C@H]1O. The molecule has 1 unspecified atom stereocenters. The summed E-state index contributed by atoms with van der Waals surface area (Å²) in [6.07, 6.45) is 3.02. The van der Waals surface area contributed by atoms with Gasteiger partial charge in [0.2, 0.25) is 0 Å². The lowest BCUT2D eigenvalue weighted by Crippen LogP contribution is -2.42. The fourth-order valence-corrected chi connectivity index (χ4v) is 4.64. The third kappa shape index (κ3) is 3.60. The van der Waals surface area contributed by atoms with Gasteiger partial charge in [-0.2, -0.15) is 5.10 Å². The molecule has 0 spiro atoms. The summed E-state index contributed by atoms with van der Waals surface area (Å²) in [6, 6.07) is 0. The van der Waals surface area contributed by atoms with E-state index in [1.165, 1.54) is 11.2 Å². The van der Waals surface area contributed by atoms with Crippen LogP contribution in [-0.4, -0.2) is 77.6 Å². The number of hydrazone groups is 1. The summed E-state index contributed by atoms with van der Waals surface area (Å²) in [7, 11) is 0. The molecular weight excluding hydrogens is 303 g/mol. The van der Waals surface area contributed by atoms with Crippen LogP contribution in [0.5, 0.6) is 0 Å². The molecule has 0 aliphatic carbocycles. The highest BCUT2D eigenvalue weighted by Crippen LogP contribution is 2.41. The van der Waals surface area contributed by atoms with Crippen molar-refractivity contribution in [1.29, 1.82) is 0 Å². The Hall–Kier alpha value is -1.14. The Bertz CT molecular complexity index is 556. The minimum atomic E-state index is -1.26. The van der Waals surface area contributed by atoms with Gasteiger partial charge in [0.1, 0.15) is 23.9 Å². The van der Waals surface area contributed by atoms with Crippen molar-refractivity contribution in [3.8, 4) is 0 Å². The molecule has 0 amide bonds. The molecule has 1 saturated heterocycles. The summed E-state index contributed by atoms with van der Waals surface area (Å²) >= 11 is 0. The molecule has 5 atom stereocenters. The van der Waals surface area contributed by atoms with Crippen LogP contribution in [0.4, 0.5) is 0 Å². The van der Waals surface area contributed by atoms with E-state index >= 15 is 0 Å². The fraction of sp³-hybridized carbons (Fsp3) is 0.643. The van der Waals surface area contributed by atoms with Crippen molar-refractivity contribution in [1.82, 2.24) is 5.01 Å². The van der Waals surface area contributed by atoms with Crippen LogP contribution in [-0.2, 0) is 4.74 Å². The second-order valence-electron chi connectivity index (χ2n) is 6.61. The third-order valence-electron chi connectivity index (χ3n) is 3.70. The number of aliphatic imine (C=N–C) groups is 1. The number of nitrogens with two attached hydrogens (primary N) is 1. The smallest absolute Gasteiger partial charge is 0.181 e. The standard InChI is InChI=1S/C14H25N4O3P/c1-8(7-22(3,4)5)13-11(19)12(20)14(21-13)18-9(2)17-10(15)6-16-18/h6,8,11-14,19-20H,2-3,7H2,1,4-5H3,(H2,15,17)/t8?,11-,12+,13+,14+/m0/s1. The Morgan fingerprint density at radius 1 is 1.45 bits per heavy atom. The Kier molecular flexibility index (Phi) is 4.82. The van der Waals surface area contributed by atoms with Gasteiger partial charge in [0, 0.05) is 0 Å². The maximum atomic E-state index is 10.3. The lowest BCUT2D eigenvalue weighted by Gasteiger charge is -2.29. The maximum absolute atomic E-state index is 10.3. The van der Waals surface area contributed by atoms with E-state index in [1.807, 2.05) is 6.92 Å². The molecule has 2 heterocycles. The normalized spacial score (nSPS) is 34.0. The molecule has 2 aliphatic heterocycles. The highest BCUT2D eigenvalue weighted by Gasteiger charge is 2.48. The number of aliphatic hydroxyl groups is 2. The van der Waals surface area contributed by atoms with Crippen LogP contribution < -0.4 is 5.73 Å². The van der Waals surface area contributed by atoms with Crippen molar-refractivity contribution in [3.05, 3.63) is 12.4 Å². The monoisotopic (exact) mass is 328 g/mol. The second kappa shape index (κ2) is 6.16. The molecule has 7 nitrogen and oxygen atoms in total. The first-order valence-corrected chi connectivity index (χ1v) is 10.2. The van der Waals surface area contributed by atoms with Gasteiger partial charge in [-0.15, -0.1) is 13.2 Å². The Balaban J connectivity index is 2.12. The molecule has 0 bridgehead atoms. The minimum Gasteiger partial charge on any atom is -0.388 e. The number of nitrogens with zero attached hydrogens (tertiary/aromatic N) is 3. The summed E-state index contributed by atoms with van der Waals surface area (Å²) in [4.78, 5) is 4.00. The molecule has 0 aromatic carbocycles. The van der Waals surface area contributed by atoms with Gasteiger partial charge in [-0.05, 0) is 25.4 Å². The van der Waals surface area contributed by atoms with E-state index < -0.39 is 31.4 Å². The lowest BCUT2D eigenvalue weighted by atomic mass is 10.0. The van der Waals surface area contributed by atoms with E-state index in [4.69, 9.17) is 10.5 Å². The number of hydrogen-bond acceptors (Lipinski definition) is 7. The first kappa shape index (κ1) is 17.2. The van der Waals surface area contributed by atoms with Crippen LogP contribution in [0.3, 0.4) is 0 Å². The minimum absolute atomic E-state index is 0.0751. The average molecular weight is 328 g/mol. The van der Waals surface area contributed by atoms with Gasteiger partial charge in [0.05, 0.1) is 12.3 Å². The van der Waals surface area contributed by atoms with Crippen molar-refractivity contribution in [2.24, 2.45) is 21.7 Å². The summed E-state index contributed by atoms with van der Waals surface area (Å²) in [6.45, 7) is 8.75. The van der Waals surface area contributed by atoms with E-state index in [-0.39, 0.29) is 17.6 Å². The summed E-state index contributed by atoms with van der Waals surface area (Å²) in [5, 5.41) is 26.0. The van der Waals surface area contributed by atoms with Gasteiger partial charge in [-0.1, -0.05) is 13.5 Å². The summed E-state index contributed by atoms with van der Waals surface area (Å²) < 4.78 is 5.87. The van der Waals surface area contributed by atoms with Crippen molar-refractivity contribution in [2.45, 2.75) is 31.5 Å². The molecule has 0 radical (unpaired) electrons. The van der Waals surface area contributed by atoms with Crippen LogP contribution in [0, 0.1) is 5.92 Å². The topological polar surface area (TPSA) is 104 Å². The third-order valence-corrected chi connectivity index (χ3v) is 5.26. The van der Waals surface area contributed by atoms with Crippen molar-refractivity contribution in [2.75, 3.05) is 19.5 Å². The summed E-state index contributed by atoms with van der Waals surface area (Å²) in [5.74, 6) is 0.587. The average Bonchev–Trinajstić information content (AvgIpc) is 2.65. The van der Waals surface area contributed by atoms with Gasteiger partial charge in [-0.25, -0.2) is 10.0 Å². The molecule has 2 aliphatic rings. The zero-order chi connectivity index (χ0) is 16.7. The van der Waals surface area contributed by atoms with E-state index in [0.29, 0.717) is 0 Å². The molecule has 8 heteroatoms. The predicted molar refractivity (Wildman–Crippen MR) is 91.7 cm³/mol. The highest BCUT2D eigenvalue weighted by atomic mass is 31.2. The van der Waals surface area contributed by atoms with Crippen molar-refractivity contribution >= 4 is 25.2 Å². The Morgan fingerprint density at radius 3 is 2.64 bits per heavy atom. The zero-order valence-electron chi connectivity index (χ0n) is 13.3. The molecule has 22 heavy (non-hydrogen) atoms. The fourth-order valence-electron chi connectivity index (χ4n) is 2.87. The first-order chi connectivity index (χ1) is 10.1. The van der Waals surface area contributed by atoms with E-state index in [2.05, 4.69) is 36.3 Å². The number of rotatable bonds is 4. The van der Waals surface area contributed by atoms with Gasteiger partial charge < -0.3 is 20.7 Å². The van der Waals surface area contributed by atoms with Crippen LogP contribution in [0.2, 0.25) is 0 Å². The van der Waals surface area contributed by atoms with Gasteiger partial charge in [0.15, 0.2) is 6.23 Å². The molecule has 2 rings (SSSR count). The molecule has 4 N–H and O–H groups in total. The van der Waals surface area contributed by atoms with Crippen LogP contribution in [0.25, 0.3) is 0 Å². The van der Waals surface area contributed by atoms with Crippen LogP contribution >= 0.6 is 6.89 Å². The van der Waals surface area contributed by atoms with Gasteiger partial charge in [0.25, 0.3) is 0 Å². The molecule has 124 valence electrons. The Morgan fingerprint density at radius 2 is 2.09 bits per heavy atom. The van der Waals surface area contributed by atoms with Crippen LogP contribution in [0.15, 0.2) is 22.5 Å². The van der Waals surface area contributed by atoms with Crippen molar-refractivity contribution in [3.63, 3.8) is 0 Å². The van der Waals surface area contributed by atoms with Gasteiger partial charge >= 0.3 is 0 Å². The molecule has 1 fully saturated rings. The maximum Gasteiger partial charge on any atom is 0.181 e. The van der Waals surface area contributed by atoms with Crippen molar-refractivity contribution < 1.29 is 14.9 Å². The largest absolute Gasteiger partial charge is 0.388 e. The number of hydrogen-bond donors (Lipinski definition) is 3. The number of aliphatic hydroxyl groups excluding tert-OH is 2. The predicted octanol–water partition coefficient (Wildman–Crippen LogP) is -0.0918. The highest BCUT2D eigenvalue weighted by molar-refractivity contribution is 7.72. The number of ether oxygens (including phenoxy) is 1. The molecular formula is C14H25N4O3P. The molecule has 0 aromatic rings. The quantitative estimate of drug-likeness (QED) is 0.626. The Labute approximate surface area is 131 Å². The molecule has 0 aromatic heterocycles. The summed E-state index contributed by atoms with van der Waals surface area (Å²) in [5.41, 5.74) is 5.55. The first-order valence-electron chi connectivity index (χ1n) is 7.15. The van der Waals surface area contributed by atoms with Gasteiger partial charge in [-0.3, -0.25) is 0 Å². The van der Waals surface area contributed by atoms with E-state index in [1.54, 1.807) is 0 Å². The second-order valence-corrected chi connectivity index (χ2v) is 10.8. The lowest BCUT2D eigenvalue weighted by molar-refractivity contribution is -0.0836.